The van der Waals surface area contributed by atoms with Crippen LogP contribution in [-0.2, 0) is 20.3 Å². The van der Waals surface area contributed by atoms with Crippen LogP contribution in [0.3, 0.4) is 0 Å². The van der Waals surface area contributed by atoms with Gasteiger partial charge in [-0.1, -0.05) is 20.8 Å². The highest BCUT2D eigenvalue weighted by atomic mass is 32.2. The summed E-state index contributed by atoms with van der Waals surface area (Å²) < 4.78 is 16.9. The van der Waals surface area contributed by atoms with Crippen LogP contribution >= 0.6 is 0 Å². The van der Waals surface area contributed by atoms with Gasteiger partial charge in [0.05, 0.1) is 6.61 Å². The van der Waals surface area contributed by atoms with Crippen LogP contribution in [0.2, 0.25) is 0 Å². The second-order valence-corrected chi connectivity index (χ2v) is 6.04. The Hall–Kier alpha value is -0.420. The number of ether oxygens (including phenoxy) is 1. The lowest BCUT2D eigenvalue weighted by molar-refractivity contribution is -0.120. The third-order valence-electron chi connectivity index (χ3n) is 2.27. The number of rotatable bonds is 10. The van der Waals surface area contributed by atoms with Crippen molar-refractivity contribution in [3.8, 4) is 0 Å². The smallest absolute Gasteiger partial charge is 0.219 e. The highest BCUT2D eigenvalue weighted by Crippen LogP contribution is 1.98. The first kappa shape index (κ1) is 16.6. The fraction of sp³-hybridized carbons (Fsp3) is 0.917. The predicted octanol–water partition coefficient (Wildman–Crippen LogP) is 1.57. The highest BCUT2D eigenvalue weighted by molar-refractivity contribution is 7.85. The molecule has 0 aliphatic heterocycles. The maximum atomic E-state index is 11.5. The molecular weight excluding hydrogens is 238 g/mol. The standard InChI is InChI=1S/C12H25NO3S.H2/c1-4-12(14)13-6-9-17(15)10-8-16-7-5-11(2)3;/h11H,4-10H2,1-3H3,(H,13,14);1H. The molecule has 0 radical (unpaired) electrons. The first-order chi connectivity index (χ1) is 8.06. The van der Waals surface area contributed by atoms with Gasteiger partial charge in [0.1, 0.15) is 0 Å². The Morgan fingerprint density at radius 2 is 2.06 bits per heavy atom. The molecule has 4 nitrogen and oxygen atoms in total. The van der Waals surface area contributed by atoms with E-state index in [0.717, 1.165) is 13.0 Å². The Morgan fingerprint density at radius 3 is 2.65 bits per heavy atom. The van der Waals surface area contributed by atoms with Crippen molar-refractivity contribution in [1.82, 2.24) is 5.32 Å². The minimum atomic E-state index is -0.892. The Balaban J connectivity index is 0. The van der Waals surface area contributed by atoms with Gasteiger partial charge in [0.2, 0.25) is 5.91 Å². The second kappa shape index (κ2) is 10.7. The molecular formula is C12H27NO3S. The largest absolute Gasteiger partial charge is 0.380 e. The van der Waals surface area contributed by atoms with E-state index in [4.69, 9.17) is 4.74 Å². The van der Waals surface area contributed by atoms with Crippen molar-refractivity contribution in [3.63, 3.8) is 0 Å². The Bertz CT molecular complexity index is 237. The molecule has 1 unspecified atom stereocenters. The van der Waals surface area contributed by atoms with Crippen LogP contribution in [0.25, 0.3) is 0 Å². The normalized spacial score (nSPS) is 12.7. The van der Waals surface area contributed by atoms with Gasteiger partial charge in [-0.25, -0.2) is 0 Å². The monoisotopic (exact) mass is 265 g/mol. The molecule has 0 bridgehead atoms. The zero-order valence-corrected chi connectivity index (χ0v) is 12.0. The third kappa shape index (κ3) is 11.8. The zero-order valence-electron chi connectivity index (χ0n) is 11.2. The van der Waals surface area contributed by atoms with Gasteiger partial charge in [-0.05, 0) is 12.3 Å². The summed E-state index contributed by atoms with van der Waals surface area (Å²) in [6.45, 7) is 7.87. The zero-order chi connectivity index (χ0) is 13.1. The van der Waals surface area contributed by atoms with E-state index in [9.17, 15) is 9.00 Å². The van der Waals surface area contributed by atoms with Gasteiger partial charge in [0, 0.05) is 43.3 Å². The summed E-state index contributed by atoms with van der Waals surface area (Å²) in [6, 6.07) is 0. The number of nitrogens with one attached hydrogen (secondary N) is 1. The van der Waals surface area contributed by atoms with Crippen molar-refractivity contribution < 1.29 is 15.2 Å². The molecule has 0 aliphatic rings. The van der Waals surface area contributed by atoms with E-state index in [2.05, 4.69) is 19.2 Å². The number of carbonyl (C=O) groups is 1. The molecule has 0 saturated carbocycles. The third-order valence-corrected chi connectivity index (χ3v) is 3.55. The van der Waals surface area contributed by atoms with Crippen molar-refractivity contribution in [2.45, 2.75) is 33.6 Å². The molecule has 0 rings (SSSR count). The molecule has 0 saturated heterocycles. The average Bonchev–Trinajstić information content (AvgIpc) is 2.27. The SMILES string of the molecule is CCC(=O)NCCS(=O)CCOCCC(C)C.[HH]. The van der Waals surface area contributed by atoms with Gasteiger partial charge >= 0.3 is 0 Å². The van der Waals surface area contributed by atoms with E-state index in [1.54, 1.807) is 6.92 Å². The van der Waals surface area contributed by atoms with Crippen molar-refractivity contribution >= 4 is 16.7 Å². The van der Waals surface area contributed by atoms with Crippen LogP contribution in [0.4, 0.5) is 0 Å². The predicted molar refractivity (Wildman–Crippen MR) is 73.6 cm³/mol. The summed E-state index contributed by atoms with van der Waals surface area (Å²) in [4.78, 5) is 10.9. The lowest BCUT2D eigenvalue weighted by atomic mass is 10.1. The summed E-state index contributed by atoms with van der Waals surface area (Å²) in [6.07, 6.45) is 1.52. The van der Waals surface area contributed by atoms with Gasteiger partial charge in [0.25, 0.3) is 0 Å². The van der Waals surface area contributed by atoms with Crippen LogP contribution in [-0.4, -0.2) is 41.4 Å². The number of hydrogen-bond acceptors (Lipinski definition) is 3. The van der Waals surface area contributed by atoms with E-state index >= 15 is 0 Å². The summed E-state index contributed by atoms with van der Waals surface area (Å²) in [5.74, 6) is 1.72. The quantitative estimate of drug-likeness (QED) is 0.610. The summed E-state index contributed by atoms with van der Waals surface area (Å²) in [7, 11) is -0.892. The molecule has 17 heavy (non-hydrogen) atoms. The van der Waals surface area contributed by atoms with Gasteiger partial charge in [-0.15, -0.1) is 0 Å². The van der Waals surface area contributed by atoms with Crippen LogP contribution < -0.4 is 5.32 Å². The molecule has 5 heteroatoms. The number of hydrogen-bond donors (Lipinski definition) is 1. The molecule has 1 N–H and O–H groups in total. The van der Waals surface area contributed by atoms with E-state index in [-0.39, 0.29) is 7.33 Å². The van der Waals surface area contributed by atoms with E-state index in [0.29, 0.717) is 37.0 Å². The van der Waals surface area contributed by atoms with Crippen LogP contribution in [0.1, 0.15) is 35.0 Å². The van der Waals surface area contributed by atoms with Crippen LogP contribution in [0.15, 0.2) is 0 Å². The highest BCUT2D eigenvalue weighted by Gasteiger charge is 2.02. The second-order valence-electron chi connectivity index (χ2n) is 4.35. The van der Waals surface area contributed by atoms with Crippen LogP contribution in [0, 0.1) is 5.92 Å². The molecule has 0 aromatic heterocycles. The molecule has 0 fully saturated rings. The topological polar surface area (TPSA) is 55.4 Å². The summed E-state index contributed by atoms with van der Waals surface area (Å²) >= 11 is 0. The van der Waals surface area contributed by atoms with E-state index < -0.39 is 10.8 Å². The molecule has 0 aromatic carbocycles. The molecule has 1 atom stereocenters. The minimum absolute atomic E-state index is 0. The first-order valence-corrected chi connectivity index (χ1v) is 7.74. The first-order valence-electron chi connectivity index (χ1n) is 6.25. The Kier molecular flexibility index (Phi) is 10.5. The van der Waals surface area contributed by atoms with Crippen LogP contribution in [0.5, 0.6) is 0 Å². The van der Waals surface area contributed by atoms with Gasteiger partial charge in [-0.3, -0.25) is 9.00 Å². The van der Waals surface area contributed by atoms with Crippen molar-refractivity contribution in [2.75, 3.05) is 31.3 Å². The lowest BCUT2D eigenvalue weighted by Crippen LogP contribution is -2.27. The molecule has 104 valence electrons. The molecule has 0 aliphatic carbocycles. The van der Waals surface area contributed by atoms with Crippen molar-refractivity contribution in [1.29, 1.82) is 0 Å². The lowest BCUT2D eigenvalue weighted by Gasteiger charge is -2.07. The summed E-state index contributed by atoms with van der Waals surface area (Å²) in [5.41, 5.74) is 0. The number of amides is 1. The molecule has 0 spiro atoms. The molecule has 1 amide bonds. The fourth-order valence-corrected chi connectivity index (χ4v) is 1.94. The van der Waals surface area contributed by atoms with Gasteiger partial charge in [0.15, 0.2) is 0 Å². The van der Waals surface area contributed by atoms with Crippen molar-refractivity contribution in [3.05, 3.63) is 0 Å². The summed E-state index contributed by atoms with van der Waals surface area (Å²) in [5, 5.41) is 2.71. The van der Waals surface area contributed by atoms with E-state index in [1.165, 1.54) is 0 Å². The maximum absolute atomic E-state index is 11.5. The maximum Gasteiger partial charge on any atom is 0.219 e. The number of carbonyl (C=O) groups excluding carboxylic acids is 1. The Labute approximate surface area is 108 Å². The fourth-order valence-electron chi connectivity index (χ4n) is 1.10. The average molecular weight is 265 g/mol. The Morgan fingerprint density at radius 1 is 1.35 bits per heavy atom. The van der Waals surface area contributed by atoms with E-state index in [1.807, 2.05) is 0 Å². The molecule has 0 aromatic rings. The van der Waals surface area contributed by atoms with Crippen molar-refractivity contribution in [2.24, 2.45) is 5.92 Å². The van der Waals surface area contributed by atoms with Gasteiger partial charge < -0.3 is 10.1 Å². The molecule has 0 heterocycles. The van der Waals surface area contributed by atoms with Gasteiger partial charge in [-0.2, -0.15) is 0 Å². The minimum Gasteiger partial charge on any atom is -0.380 e.